The summed E-state index contributed by atoms with van der Waals surface area (Å²) in [7, 11) is 0. The van der Waals surface area contributed by atoms with E-state index in [4.69, 9.17) is 9.47 Å². The van der Waals surface area contributed by atoms with E-state index < -0.39 is 22.8 Å². The molecule has 1 aliphatic rings. The molecular formula is C34H36ClN3O7. The molecule has 0 radical (unpaired) electrons. The van der Waals surface area contributed by atoms with Crippen LogP contribution in [0.1, 0.15) is 54.9 Å². The number of nitro groups is 1. The van der Waals surface area contributed by atoms with Gasteiger partial charge in [0.15, 0.2) is 0 Å². The van der Waals surface area contributed by atoms with Crippen molar-refractivity contribution in [3.63, 3.8) is 0 Å². The van der Waals surface area contributed by atoms with Crippen molar-refractivity contribution >= 4 is 36.1 Å². The van der Waals surface area contributed by atoms with Gasteiger partial charge in [0.1, 0.15) is 0 Å². The Morgan fingerprint density at radius 3 is 2.51 bits per heavy atom. The molecule has 0 amide bonds. The van der Waals surface area contributed by atoms with Gasteiger partial charge in [-0.05, 0) is 61.4 Å². The Labute approximate surface area is 268 Å². The van der Waals surface area contributed by atoms with Gasteiger partial charge in [0.2, 0.25) is 0 Å². The fraction of sp³-hybridized carbons (Fsp3) is 0.265. The predicted molar refractivity (Wildman–Crippen MR) is 173 cm³/mol. The highest BCUT2D eigenvalue weighted by Crippen LogP contribution is 2.39. The SMILES string of the molecule is CC1=C(C(=O)O)C(c2cccc([N+](=O)[O-])c2)C(C(=O)OCCCCOC/C=C/c2ccccc2Cc2cccnc2)=C(C)N1.Cl. The maximum atomic E-state index is 13.2. The molecular weight excluding hydrogens is 598 g/mol. The second-order valence-corrected chi connectivity index (χ2v) is 10.3. The number of aliphatic carboxylic acids is 1. The Bertz CT molecular complexity index is 1600. The summed E-state index contributed by atoms with van der Waals surface area (Å²) in [5.41, 5.74) is 4.42. The molecule has 11 heteroatoms. The van der Waals surface area contributed by atoms with Crippen molar-refractivity contribution in [2.45, 2.75) is 39.0 Å². The minimum atomic E-state index is -1.23. The molecule has 1 aromatic heterocycles. The molecule has 0 aliphatic carbocycles. The zero-order valence-electron chi connectivity index (χ0n) is 25.1. The molecule has 0 fully saturated rings. The Morgan fingerprint density at radius 2 is 1.78 bits per heavy atom. The van der Waals surface area contributed by atoms with Crippen molar-refractivity contribution in [1.82, 2.24) is 10.3 Å². The lowest BCUT2D eigenvalue weighted by Crippen LogP contribution is -2.32. The van der Waals surface area contributed by atoms with Crippen LogP contribution in [-0.4, -0.2) is 46.8 Å². The molecule has 1 aliphatic heterocycles. The van der Waals surface area contributed by atoms with Gasteiger partial charge in [-0.25, -0.2) is 9.59 Å². The Hall–Kier alpha value is -4.80. The molecule has 3 aromatic rings. The van der Waals surface area contributed by atoms with Gasteiger partial charge in [-0.3, -0.25) is 15.1 Å². The molecule has 2 N–H and O–H groups in total. The maximum Gasteiger partial charge on any atom is 0.336 e. The van der Waals surface area contributed by atoms with Crippen molar-refractivity contribution in [2.24, 2.45) is 0 Å². The van der Waals surface area contributed by atoms with Gasteiger partial charge in [0, 0.05) is 42.5 Å². The van der Waals surface area contributed by atoms with Crippen molar-refractivity contribution < 1.29 is 29.1 Å². The molecule has 10 nitrogen and oxygen atoms in total. The second kappa shape index (κ2) is 16.9. The number of halogens is 1. The zero-order valence-corrected chi connectivity index (χ0v) is 25.9. The van der Waals surface area contributed by atoms with Crippen LogP contribution in [0.15, 0.2) is 102 Å². The van der Waals surface area contributed by atoms with Crippen LogP contribution in [-0.2, 0) is 25.5 Å². The van der Waals surface area contributed by atoms with Crippen molar-refractivity contribution in [1.29, 1.82) is 0 Å². The number of hydrogen-bond acceptors (Lipinski definition) is 8. The fourth-order valence-electron chi connectivity index (χ4n) is 5.15. The number of nitro benzene ring substituents is 1. The van der Waals surface area contributed by atoms with Crippen molar-refractivity contribution in [3.05, 3.63) is 134 Å². The molecule has 0 saturated carbocycles. The second-order valence-electron chi connectivity index (χ2n) is 10.3. The first-order chi connectivity index (χ1) is 21.3. The lowest BCUT2D eigenvalue weighted by Gasteiger charge is -2.29. The summed E-state index contributed by atoms with van der Waals surface area (Å²) < 4.78 is 11.3. The highest BCUT2D eigenvalue weighted by molar-refractivity contribution is 5.99. The van der Waals surface area contributed by atoms with E-state index in [1.807, 2.05) is 36.5 Å². The minimum Gasteiger partial charge on any atom is -0.478 e. The topological polar surface area (TPSA) is 141 Å². The standard InChI is InChI=1S/C34H35N3O7.ClH/c1-23-30(33(38)39)32(28-13-7-15-29(21-28)37(41)42)31(24(2)36-23)34(40)44-19-6-5-17-43-18-9-14-26-11-3-4-12-27(26)20-25-10-8-16-35-22-25;/h3-4,7-16,21-22,32,36H,5-6,17-20H2,1-2H3,(H,38,39);1H/b14-9+;. The van der Waals surface area contributed by atoms with E-state index in [9.17, 15) is 24.8 Å². The smallest absolute Gasteiger partial charge is 0.336 e. The van der Waals surface area contributed by atoms with Crippen LogP contribution in [0.25, 0.3) is 6.08 Å². The number of benzene rings is 2. The molecule has 236 valence electrons. The van der Waals surface area contributed by atoms with Crippen LogP contribution >= 0.6 is 12.4 Å². The summed E-state index contributed by atoms with van der Waals surface area (Å²) in [4.78, 5) is 40.4. The van der Waals surface area contributed by atoms with Crippen molar-refractivity contribution in [2.75, 3.05) is 19.8 Å². The highest BCUT2D eigenvalue weighted by Gasteiger charge is 2.37. The number of unbranched alkanes of at least 4 members (excludes halogenated alkanes) is 1. The zero-order chi connectivity index (χ0) is 31.5. The third-order valence-corrected chi connectivity index (χ3v) is 7.23. The molecule has 0 spiro atoms. The summed E-state index contributed by atoms with van der Waals surface area (Å²) in [5.74, 6) is -2.93. The fourth-order valence-corrected chi connectivity index (χ4v) is 5.15. The number of nitrogens with zero attached hydrogens (tertiary/aromatic N) is 2. The van der Waals surface area contributed by atoms with E-state index in [-0.39, 0.29) is 35.8 Å². The number of aromatic nitrogens is 1. The molecule has 1 unspecified atom stereocenters. The first kappa shape index (κ1) is 34.7. The third kappa shape index (κ3) is 9.34. The molecule has 0 bridgehead atoms. The molecule has 2 aromatic carbocycles. The summed E-state index contributed by atoms with van der Waals surface area (Å²) >= 11 is 0. The van der Waals surface area contributed by atoms with Crippen LogP contribution in [0.5, 0.6) is 0 Å². The molecule has 45 heavy (non-hydrogen) atoms. The number of dihydropyridines is 1. The van der Waals surface area contributed by atoms with Gasteiger partial charge in [-0.15, -0.1) is 12.4 Å². The highest BCUT2D eigenvalue weighted by atomic mass is 35.5. The van der Waals surface area contributed by atoms with Gasteiger partial charge in [-0.2, -0.15) is 0 Å². The lowest BCUT2D eigenvalue weighted by atomic mass is 9.80. The number of allylic oxidation sites excluding steroid dienone is 2. The number of esters is 1. The van der Waals surface area contributed by atoms with Gasteiger partial charge < -0.3 is 19.9 Å². The third-order valence-electron chi connectivity index (χ3n) is 7.23. The lowest BCUT2D eigenvalue weighted by molar-refractivity contribution is -0.384. The van der Waals surface area contributed by atoms with Gasteiger partial charge in [0.25, 0.3) is 5.69 Å². The van der Waals surface area contributed by atoms with Crippen LogP contribution in [0.3, 0.4) is 0 Å². The van der Waals surface area contributed by atoms with E-state index in [0.717, 1.165) is 17.5 Å². The number of non-ortho nitro benzene ring substituents is 1. The average molecular weight is 634 g/mol. The summed E-state index contributed by atoms with van der Waals surface area (Å²) in [5, 5.41) is 24.3. The van der Waals surface area contributed by atoms with Crippen molar-refractivity contribution in [3.8, 4) is 0 Å². The van der Waals surface area contributed by atoms with E-state index in [1.165, 1.54) is 23.8 Å². The monoisotopic (exact) mass is 633 g/mol. The Balaban J connectivity index is 0.00000552. The maximum absolute atomic E-state index is 13.2. The van der Waals surface area contributed by atoms with E-state index in [0.29, 0.717) is 43.0 Å². The normalized spacial score (nSPS) is 14.6. The van der Waals surface area contributed by atoms with Gasteiger partial charge in [-0.1, -0.05) is 54.6 Å². The number of carbonyl (C=O) groups is 2. The quantitative estimate of drug-likeness (QED) is 0.0895. The molecule has 4 rings (SSSR count). The predicted octanol–water partition coefficient (Wildman–Crippen LogP) is 6.38. The van der Waals surface area contributed by atoms with Crippen LogP contribution in [0, 0.1) is 10.1 Å². The minimum absolute atomic E-state index is 0. The summed E-state index contributed by atoms with van der Waals surface area (Å²) in [6, 6.07) is 17.8. The largest absolute Gasteiger partial charge is 0.478 e. The van der Waals surface area contributed by atoms with Gasteiger partial charge >= 0.3 is 11.9 Å². The van der Waals surface area contributed by atoms with Gasteiger partial charge in [0.05, 0.1) is 35.2 Å². The van der Waals surface area contributed by atoms with Crippen LogP contribution in [0.4, 0.5) is 5.69 Å². The first-order valence-electron chi connectivity index (χ1n) is 14.3. The first-order valence-corrected chi connectivity index (χ1v) is 14.3. The number of pyridine rings is 1. The number of ether oxygens (including phenoxy) is 2. The van der Waals surface area contributed by atoms with E-state index in [1.54, 1.807) is 26.1 Å². The van der Waals surface area contributed by atoms with Crippen LogP contribution < -0.4 is 5.32 Å². The number of carbonyl (C=O) groups excluding carboxylic acids is 1. The molecule has 1 atom stereocenters. The molecule has 0 saturated heterocycles. The van der Waals surface area contributed by atoms with E-state index >= 15 is 0 Å². The van der Waals surface area contributed by atoms with E-state index in [2.05, 4.69) is 28.5 Å². The number of rotatable bonds is 14. The molecule has 2 heterocycles. The number of nitrogens with one attached hydrogen (secondary N) is 1. The average Bonchev–Trinajstić information content (AvgIpc) is 3.00. The van der Waals surface area contributed by atoms with Crippen LogP contribution in [0.2, 0.25) is 0 Å². The Kier molecular flexibility index (Phi) is 13.0. The summed E-state index contributed by atoms with van der Waals surface area (Å²) in [6.07, 6.45) is 9.63. The summed E-state index contributed by atoms with van der Waals surface area (Å²) in [6.45, 7) is 4.28. The Morgan fingerprint density at radius 1 is 1.02 bits per heavy atom. The number of carboxylic acids is 1. The number of hydrogen-bond donors (Lipinski definition) is 2. The number of carboxylic acid groups (broad SMARTS) is 1.